The van der Waals surface area contributed by atoms with Gasteiger partial charge in [-0.15, -0.1) is 11.3 Å². The summed E-state index contributed by atoms with van der Waals surface area (Å²) < 4.78 is 0. The normalized spacial score (nSPS) is 13.7. The van der Waals surface area contributed by atoms with Crippen LogP contribution in [0.5, 0.6) is 0 Å². The highest BCUT2D eigenvalue weighted by Crippen LogP contribution is 2.30. The largest absolute Gasteiger partial charge is 0.306 e. The Hall–Kier alpha value is -1.78. The van der Waals surface area contributed by atoms with E-state index in [2.05, 4.69) is 21.4 Å². The molecule has 0 fully saturated rings. The Labute approximate surface area is 128 Å². The standard InChI is InChI=1S/C17H17N3S/c1-2-6-16-15(5-1)19-10-13(20-16)9-18-11-14-8-12-4-3-7-17(12)21-14/h1-2,5-6,8,10,18H,3-4,7,9,11H2. The quantitative estimate of drug-likeness (QED) is 0.801. The van der Waals surface area contributed by atoms with E-state index in [4.69, 9.17) is 0 Å². The van der Waals surface area contributed by atoms with E-state index in [0.717, 1.165) is 29.8 Å². The molecular formula is C17H17N3S. The van der Waals surface area contributed by atoms with E-state index in [-0.39, 0.29) is 0 Å². The summed E-state index contributed by atoms with van der Waals surface area (Å²) in [5.41, 5.74) is 4.49. The van der Waals surface area contributed by atoms with Gasteiger partial charge < -0.3 is 5.32 Å². The molecule has 1 aliphatic rings. The maximum Gasteiger partial charge on any atom is 0.0890 e. The highest BCUT2D eigenvalue weighted by atomic mass is 32.1. The zero-order valence-electron chi connectivity index (χ0n) is 11.8. The highest BCUT2D eigenvalue weighted by molar-refractivity contribution is 7.12. The van der Waals surface area contributed by atoms with Crippen LogP contribution in [0.3, 0.4) is 0 Å². The Morgan fingerprint density at radius 2 is 2.00 bits per heavy atom. The van der Waals surface area contributed by atoms with Crippen LogP contribution < -0.4 is 5.32 Å². The van der Waals surface area contributed by atoms with Gasteiger partial charge in [0, 0.05) is 22.8 Å². The lowest BCUT2D eigenvalue weighted by molar-refractivity contribution is 0.686. The molecule has 0 saturated carbocycles. The molecule has 0 atom stereocenters. The molecule has 2 heterocycles. The van der Waals surface area contributed by atoms with Crippen LogP contribution in [0.4, 0.5) is 0 Å². The van der Waals surface area contributed by atoms with Crippen molar-refractivity contribution in [1.82, 2.24) is 15.3 Å². The van der Waals surface area contributed by atoms with Crippen molar-refractivity contribution in [2.24, 2.45) is 0 Å². The van der Waals surface area contributed by atoms with Gasteiger partial charge in [0.25, 0.3) is 0 Å². The fourth-order valence-electron chi connectivity index (χ4n) is 2.87. The first-order valence-corrected chi connectivity index (χ1v) is 8.22. The summed E-state index contributed by atoms with van der Waals surface area (Å²) >= 11 is 1.96. The molecule has 1 aromatic carbocycles. The monoisotopic (exact) mass is 295 g/mol. The summed E-state index contributed by atoms with van der Waals surface area (Å²) in [6.45, 7) is 1.69. The Bertz CT molecular complexity index is 757. The number of aromatic nitrogens is 2. The molecule has 0 saturated heterocycles. The molecule has 0 bridgehead atoms. The Balaban J connectivity index is 1.41. The Morgan fingerprint density at radius 1 is 1.10 bits per heavy atom. The second-order valence-corrected chi connectivity index (χ2v) is 6.69. The molecule has 0 radical (unpaired) electrons. The summed E-state index contributed by atoms with van der Waals surface area (Å²) in [4.78, 5) is 12.1. The van der Waals surface area contributed by atoms with Crippen molar-refractivity contribution in [3.8, 4) is 0 Å². The minimum absolute atomic E-state index is 0.764. The summed E-state index contributed by atoms with van der Waals surface area (Å²) in [5, 5.41) is 3.48. The molecule has 2 aromatic heterocycles. The lowest BCUT2D eigenvalue weighted by atomic mass is 10.2. The van der Waals surface area contributed by atoms with Gasteiger partial charge in [-0.3, -0.25) is 4.98 Å². The third-order valence-electron chi connectivity index (χ3n) is 3.90. The Kier molecular flexibility index (Phi) is 3.41. The minimum Gasteiger partial charge on any atom is -0.306 e. The number of benzene rings is 1. The fourth-order valence-corrected chi connectivity index (χ4v) is 4.10. The number of fused-ring (bicyclic) bond motifs is 2. The van der Waals surface area contributed by atoms with Gasteiger partial charge in [-0.2, -0.15) is 0 Å². The summed E-state index contributed by atoms with van der Waals surface area (Å²) in [7, 11) is 0. The van der Waals surface area contributed by atoms with Crippen LogP contribution >= 0.6 is 11.3 Å². The van der Waals surface area contributed by atoms with Crippen LogP contribution in [0.2, 0.25) is 0 Å². The second-order valence-electron chi connectivity index (χ2n) is 5.47. The van der Waals surface area contributed by atoms with E-state index in [0.29, 0.717) is 0 Å². The maximum absolute atomic E-state index is 4.63. The van der Waals surface area contributed by atoms with Crippen molar-refractivity contribution in [1.29, 1.82) is 0 Å². The van der Waals surface area contributed by atoms with Crippen LogP contribution in [0.1, 0.15) is 27.4 Å². The van der Waals surface area contributed by atoms with Gasteiger partial charge >= 0.3 is 0 Å². The SMILES string of the molecule is c1ccc2nc(CNCc3cc4c(s3)CCC4)cnc2c1. The smallest absolute Gasteiger partial charge is 0.0890 e. The number of nitrogens with zero attached hydrogens (tertiary/aromatic N) is 2. The number of hydrogen-bond acceptors (Lipinski definition) is 4. The topological polar surface area (TPSA) is 37.8 Å². The third-order valence-corrected chi connectivity index (χ3v) is 5.14. The van der Waals surface area contributed by atoms with Gasteiger partial charge in [0.2, 0.25) is 0 Å². The number of thiophene rings is 1. The zero-order valence-corrected chi connectivity index (χ0v) is 12.6. The number of rotatable bonds is 4. The third kappa shape index (κ3) is 2.69. The molecule has 0 spiro atoms. The van der Waals surface area contributed by atoms with E-state index in [1.165, 1.54) is 24.1 Å². The van der Waals surface area contributed by atoms with E-state index >= 15 is 0 Å². The molecule has 4 heteroatoms. The molecule has 0 unspecified atom stereocenters. The predicted octanol–water partition coefficient (Wildman–Crippen LogP) is 3.47. The maximum atomic E-state index is 4.63. The Morgan fingerprint density at radius 3 is 2.90 bits per heavy atom. The number of aryl methyl sites for hydroxylation is 2. The summed E-state index contributed by atoms with van der Waals surface area (Å²) in [6.07, 6.45) is 5.74. The summed E-state index contributed by atoms with van der Waals surface area (Å²) in [5.74, 6) is 0. The van der Waals surface area contributed by atoms with Gasteiger partial charge in [-0.1, -0.05) is 12.1 Å². The number of hydrogen-bond donors (Lipinski definition) is 1. The molecule has 106 valence electrons. The first-order chi connectivity index (χ1) is 10.4. The molecular weight excluding hydrogens is 278 g/mol. The van der Waals surface area contributed by atoms with Gasteiger partial charge in [0.05, 0.1) is 22.9 Å². The van der Waals surface area contributed by atoms with Crippen molar-refractivity contribution in [3.05, 3.63) is 57.5 Å². The van der Waals surface area contributed by atoms with Gasteiger partial charge in [-0.25, -0.2) is 4.98 Å². The average Bonchev–Trinajstić information content (AvgIpc) is 3.08. The molecule has 0 aliphatic heterocycles. The first kappa shape index (κ1) is 12.9. The zero-order chi connectivity index (χ0) is 14.1. The molecule has 4 rings (SSSR count). The number of nitrogens with one attached hydrogen (secondary N) is 1. The van der Waals surface area contributed by atoms with E-state index in [1.807, 2.05) is 41.8 Å². The average molecular weight is 295 g/mol. The highest BCUT2D eigenvalue weighted by Gasteiger charge is 2.14. The molecule has 21 heavy (non-hydrogen) atoms. The van der Waals surface area contributed by atoms with E-state index in [1.54, 1.807) is 10.4 Å². The molecule has 1 aliphatic carbocycles. The second kappa shape index (κ2) is 5.54. The molecule has 3 aromatic rings. The van der Waals surface area contributed by atoms with Crippen LogP contribution in [-0.2, 0) is 25.9 Å². The first-order valence-electron chi connectivity index (χ1n) is 7.40. The van der Waals surface area contributed by atoms with Crippen LogP contribution in [0, 0.1) is 0 Å². The number of para-hydroxylation sites is 2. The lowest BCUT2D eigenvalue weighted by Gasteiger charge is -2.04. The predicted molar refractivity (Wildman–Crippen MR) is 86.4 cm³/mol. The van der Waals surface area contributed by atoms with E-state index < -0.39 is 0 Å². The summed E-state index contributed by atoms with van der Waals surface area (Å²) in [6, 6.07) is 10.4. The molecule has 1 N–H and O–H groups in total. The van der Waals surface area contributed by atoms with Crippen LogP contribution in [0.15, 0.2) is 36.5 Å². The van der Waals surface area contributed by atoms with E-state index in [9.17, 15) is 0 Å². The van der Waals surface area contributed by atoms with Gasteiger partial charge in [-0.05, 0) is 43.0 Å². The van der Waals surface area contributed by atoms with Crippen molar-refractivity contribution in [2.75, 3.05) is 0 Å². The van der Waals surface area contributed by atoms with Crippen molar-refractivity contribution >= 4 is 22.4 Å². The van der Waals surface area contributed by atoms with Crippen molar-refractivity contribution in [3.63, 3.8) is 0 Å². The van der Waals surface area contributed by atoms with Crippen LogP contribution in [0.25, 0.3) is 11.0 Å². The van der Waals surface area contributed by atoms with Gasteiger partial charge in [0.15, 0.2) is 0 Å². The molecule has 3 nitrogen and oxygen atoms in total. The molecule has 0 amide bonds. The van der Waals surface area contributed by atoms with Crippen molar-refractivity contribution in [2.45, 2.75) is 32.4 Å². The van der Waals surface area contributed by atoms with Crippen LogP contribution in [-0.4, -0.2) is 9.97 Å². The minimum atomic E-state index is 0.764. The van der Waals surface area contributed by atoms with Gasteiger partial charge in [0.1, 0.15) is 0 Å². The lowest BCUT2D eigenvalue weighted by Crippen LogP contribution is -2.13. The van der Waals surface area contributed by atoms with Crippen molar-refractivity contribution < 1.29 is 0 Å². The fraction of sp³-hybridized carbons (Fsp3) is 0.294.